The fourth-order valence-corrected chi connectivity index (χ4v) is 3.84. The van der Waals surface area contributed by atoms with E-state index in [-0.39, 0.29) is 18.4 Å². The van der Waals surface area contributed by atoms with E-state index in [1.807, 2.05) is 4.57 Å². The number of nitrogen functional groups attached to an aromatic ring is 1. The van der Waals surface area contributed by atoms with Crippen molar-refractivity contribution in [3.05, 3.63) is 65.8 Å². The lowest BCUT2D eigenvalue weighted by Gasteiger charge is -2.16. The van der Waals surface area contributed by atoms with Crippen molar-refractivity contribution in [2.75, 3.05) is 5.73 Å². The van der Waals surface area contributed by atoms with Gasteiger partial charge in [-0.2, -0.15) is 4.98 Å². The van der Waals surface area contributed by atoms with Gasteiger partial charge in [0.25, 0.3) is 6.43 Å². The van der Waals surface area contributed by atoms with Gasteiger partial charge in [-0.1, -0.05) is 0 Å². The Morgan fingerprint density at radius 3 is 2.57 bits per heavy atom. The van der Waals surface area contributed by atoms with Crippen LogP contribution in [0, 0.1) is 18.7 Å². The van der Waals surface area contributed by atoms with E-state index in [2.05, 4.69) is 25.1 Å². The van der Waals surface area contributed by atoms with Crippen LogP contribution in [0.5, 0.6) is 5.88 Å². The molecule has 1 aliphatic rings. The first kappa shape index (κ1) is 22.8. The molecule has 0 spiro atoms. The van der Waals surface area contributed by atoms with Crippen LogP contribution >= 0.6 is 0 Å². The fourth-order valence-electron chi connectivity index (χ4n) is 3.84. The van der Waals surface area contributed by atoms with Crippen molar-refractivity contribution in [3.63, 3.8) is 0 Å². The molecule has 1 aliphatic carbocycles. The van der Waals surface area contributed by atoms with Crippen LogP contribution in [0.3, 0.4) is 0 Å². The van der Waals surface area contributed by atoms with Gasteiger partial charge >= 0.3 is 0 Å². The van der Waals surface area contributed by atoms with E-state index >= 15 is 0 Å². The molecule has 0 unspecified atom stereocenters. The van der Waals surface area contributed by atoms with Gasteiger partial charge in [0.2, 0.25) is 11.8 Å². The molecule has 0 radical (unpaired) electrons. The molecule has 35 heavy (non-hydrogen) atoms. The topological polar surface area (TPSA) is 105 Å². The second kappa shape index (κ2) is 9.32. The van der Waals surface area contributed by atoms with E-state index in [4.69, 9.17) is 10.5 Å². The van der Waals surface area contributed by atoms with Crippen molar-refractivity contribution in [1.82, 2.24) is 29.7 Å². The number of pyridine rings is 1. The summed E-state index contributed by atoms with van der Waals surface area (Å²) in [7, 11) is 0. The smallest absolute Gasteiger partial charge is 0.280 e. The minimum Gasteiger partial charge on any atom is -0.469 e. The SMILES string of the molecule is Cc1cc(-c2c(OCc3nncn3CC3CC3)nc(N)nc2-c2ccc(F)cc2)cc(C(F)F)n1. The average molecular weight is 481 g/mol. The molecule has 0 amide bonds. The van der Waals surface area contributed by atoms with E-state index in [1.54, 1.807) is 19.3 Å². The van der Waals surface area contributed by atoms with Gasteiger partial charge in [0.05, 0.1) is 11.3 Å². The number of aromatic nitrogens is 6. The first-order valence-electron chi connectivity index (χ1n) is 11.1. The van der Waals surface area contributed by atoms with Gasteiger partial charge in [-0.15, -0.1) is 10.2 Å². The molecule has 2 N–H and O–H groups in total. The highest BCUT2D eigenvalue weighted by atomic mass is 19.3. The zero-order valence-corrected chi connectivity index (χ0v) is 18.8. The third-order valence-corrected chi connectivity index (χ3v) is 5.68. The number of hydrogen-bond donors (Lipinski definition) is 1. The van der Waals surface area contributed by atoms with Gasteiger partial charge in [-0.3, -0.25) is 4.98 Å². The number of nitrogens with two attached hydrogens (primary N) is 1. The molecule has 0 aliphatic heterocycles. The van der Waals surface area contributed by atoms with Crippen LogP contribution in [0.1, 0.15) is 36.5 Å². The summed E-state index contributed by atoms with van der Waals surface area (Å²) < 4.78 is 48.7. The molecule has 180 valence electrons. The molecule has 1 fully saturated rings. The maximum absolute atomic E-state index is 13.6. The maximum Gasteiger partial charge on any atom is 0.280 e. The number of aryl methyl sites for hydroxylation is 1. The van der Waals surface area contributed by atoms with Crippen molar-refractivity contribution in [1.29, 1.82) is 0 Å². The van der Waals surface area contributed by atoms with Crippen LogP contribution in [0.2, 0.25) is 0 Å². The highest BCUT2D eigenvalue weighted by Crippen LogP contribution is 2.39. The summed E-state index contributed by atoms with van der Waals surface area (Å²) in [4.78, 5) is 12.5. The largest absolute Gasteiger partial charge is 0.469 e. The molecular weight excluding hydrogens is 459 g/mol. The lowest BCUT2D eigenvalue weighted by molar-refractivity contribution is 0.146. The van der Waals surface area contributed by atoms with Crippen LogP contribution in [0.15, 0.2) is 42.7 Å². The normalized spacial score (nSPS) is 13.4. The van der Waals surface area contributed by atoms with E-state index < -0.39 is 17.9 Å². The van der Waals surface area contributed by atoms with E-state index in [1.165, 1.54) is 43.2 Å². The summed E-state index contributed by atoms with van der Waals surface area (Å²) in [6.07, 6.45) is 1.21. The number of ether oxygens (including phenoxy) is 1. The quantitative estimate of drug-likeness (QED) is 0.387. The van der Waals surface area contributed by atoms with Gasteiger partial charge in [0, 0.05) is 17.8 Å². The number of nitrogens with zero attached hydrogens (tertiary/aromatic N) is 6. The van der Waals surface area contributed by atoms with Crippen molar-refractivity contribution < 1.29 is 17.9 Å². The lowest BCUT2D eigenvalue weighted by Crippen LogP contribution is -2.10. The minimum atomic E-state index is -2.78. The summed E-state index contributed by atoms with van der Waals surface area (Å²) in [5.41, 5.74) is 7.54. The van der Waals surface area contributed by atoms with E-state index in [0.717, 1.165) is 6.54 Å². The predicted octanol–water partition coefficient (Wildman–Crippen LogP) is 4.75. The standard InChI is InChI=1S/C24H22F3N7O/c1-13-8-16(9-18(30-13)22(26)27)20-21(15-4-6-17(25)7-5-15)31-24(28)32-23(20)35-11-19-33-29-12-34(19)10-14-2-3-14/h4-9,12,14,22H,2-3,10-11H2,1H3,(H2,28,31,32). The van der Waals surface area contributed by atoms with Crippen LogP contribution in [-0.4, -0.2) is 29.7 Å². The second-order valence-electron chi connectivity index (χ2n) is 8.47. The Balaban J connectivity index is 1.61. The predicted molar refractivity (Wildman–Crippen MR) is 122 cm³/mol. The van der Waals surface area contributed by atoms with Gasteiger partial charge in [-0.25, -0.2) is 18.2 Å². The van der Waals surface area contributed by atoms with Crippen LogP contribution in [0.4, 0.5) is 19.1 Å². The van der Waals surface area contributed by atoms with Gasteiger partial charge in [-0.05, 0) is 67.6 Å². The summed E-state index contributed by atoms with van der Waals surface area (Å²) in [6, 6.07) is 8.51. The maximum atomic E-state index is 13.6. The summed E-state index contributed by atoms with van der Waals surface area (Å²) in [6.45, 7) is 2.45. The molecule has 1 aromatic carbocycles. The third-order valence-electron chi connectivity index (χ3n) is 5.68. The number of halogens is 3. The zero-order valence-electron chi connectivity index (χ0n) is 18.8. The molecule has 11 heteroatoms. The first-order valence-corrected chi connectivity index (χ1v) is 11.1. The number of hydrogen-bond acceptors (Lipinski definition) is 7. The number of benzene rings is 1. The van der Waals surface area contributed by atoms with Crippen molar-refractivity contribution in [3.8, 4) is 28.3 Å². The average Bonchev–Trinajstić information content (AvgIpc) is 3.53. The Morgan fingerprint density at radius 1 is 1.09 bits per heavy atom. The lowest BCUT2D eigenvalue weighted by atomic mass is 9.99. The van der Waals surface area contributed by atoms with Crippen molar-refractivity contribution in [2.45, 2.75) is 39.3 Å². The van der Waals surface area contributed by atoms with E-state index in [0.29, 0.717) is 39.8 Å². The Morgan fingerprint density at radius 2 is 1.86 bits per heavy atom. The van der Waals surface area contributed by atoms with Gasteiger partial charge in [0.1, 0.15) is 24.4 Å². The molecule has 4 aromatic rings. The summed E-state index contributed by atoms with van der Waals surface area (Å²) in [5.74, 6) is 0.782. The highest BCUT2D eigenvalue weighted by Gasteiger charge is 2.24. The molecule has 0 saturated heterocycles. The van der Waals surface area contributed by atoms with E-state index in [9.17, 15) is 13.2 Å². The molecule has 5 rings (SSSR count). The molecule has 1 saturated carbocycles. The third kappa shape index (κ3) is 5.08. The van der Waals surface area contributed by atoms with Gasteiger partial charge in [0.15, 0.2) is 5.82 Å². The number of alkyl halides is 2. The molecule has 0 atom stereocenters. The minimum absolute atomic E-state index is 0.0325. The Labute approximate surface area is 199 Å². The molecular formula is C24H22F3N7O. The van der Waals surface area contributed by atoms with Crippen molar-refractivity contribution >= 4 is 5.95 Å². The molecule has 3 heterocycles. The fraction of sp³-hybridized carbons (Fsp3) is 0.292. The molecule has 0 bridgehead atoms. The monoisotopic (exact) mass is 481 g/mol. The second-order valence-corrected chi connectivity index (χ2v) is 8.47. The van der Waals surface area contributed by atoms with Crippen molar-refractivity contribution in [2.24, 2.45) is 5.92 Å². The first-order chi connectivity index (χ1) is 16.9. The zero-order chi connectivity index (χ0) is 24.5. The Hall–Kier alpha value is -4.02. The highest BCUT2D eigenvalue weighted by molar-refractivity contribution is 5.85. The van der Waals surface area contributed by atoms with Gasteiger partial charge < -0.3 is 15.0 Å². The van der Waals surface area contributed by atoms with Crippen LogP contribution in [-0.2, 0) is 13.2 Å². The Kier molecular flexibility index (Phi) is 6.06. The molecule has 3 aromatic heterocycles. The van der Waals surface area contributed by atoms with Crippen LogP contribution in [0.25, 0.3) is 22.4 Å². The number of rotatable bonds is 8. The Bertz CT molecular complexity index is 1350. The summed E-state index contributed by atoms with van der Waals surface area (Å²) >= 11 is 0. The van der Waals surface area contributed by atoms with Crippen LogP contribution < -0.4 is 10.5 Å². The number of anilines is 1. The molecule has 8 nitrogen and oxygen atoms in total. The summed E-state index contributed by atoms with van der Waals surface area (Å²) in [5, 5.41) is 8.12.